The van der Waals surface area contributed by atoms with E-state index in [4.69, 9.17) is 5.48 Å². The predicted molar refractivity (Wildman–Crippen MR) is 36.3 cm³/mol. The number of ether oxygens (including phenoxy) is 1. The van der Waals surface area contributed by atoms with Gasteiger partial charge in [-0.1, -0.05) is 0 Å². The fourth-order valence-electron chi connectivity index (χ4n) is 0.314. The molecule has 0 aliphatic heterocycles. The minimum absolute atomic E-state index is 0.124. The average Bonchev–Trinajstić information content (AvgIpc) is 1.99. The molecule has 4 heteroatoms. The van der Waals surface area contributed by atoms with Gasteiger partial charge in [0, 0.05) is 0 Å². The maximum Gasteiger partial charge on any atom is 0.233 e. The highest BCUT2D eigenvalue weighted by Gasteiger charge is 1.91. The van der Waals surface area contributed by atoms with Crippen LogP contribution in [0.1, 0.15) is 5.48 Å². The number of rotatable bonds is 1. The molecule has 1 aromatic rings. The summed E-state index contributed by atoms with van der Waals surface area (Å²) < 4.78 is 32.5. The lowest BCUT2D eigenvalue weighted by Crippen LogP contribution is -1.87. The zero-order valence-corrected chi connectivity index (χ0v) is 5.84. The van der Waals surface area contributed by atoms with E-state index in [9.17, 15) is 0 Å². The number of methoxy groups -OCH3 is 1. The Kier molecular flexibility index (Phi) is 0.914. The Balaban J connectivity index is 3.01. The van der Waals surface area contributed by atoms with Crippen molar-refractivity contribution >= 4 is 15.9 Å². The molecule has 0 radical (unpaired) electrons. The van der Waals surface area contributed by atoms with Crippen molar-refractivity contribution in [2.45, 2.75) is 0 Å². The second-order valence-electron chi connectivity index (χ2n) is 1.16. The van der Waals surface area contributed by atoms with Crippen LogP contribution in [0.15, 0.2) is 16.9 Å². The van der Waals surface area contributed by atoms with Crippen LogP contribution in [-0.4, -0.2) is 17.0 Å². The summed E-state index contributed by atoms with van der Waals surface area (Å²) in [4.78, 5) is 7.09. The largest absolute Gasteiger partial charge is 0.480 e. The standard InChI is InChI=1S/C5H5BrN2O/c1-9-5-3-7-2-4(6)8-5/h2-3H,1H3/i1D2,2D,3D. The zero-order valence-electron chi connectivity index (χ0n) is 8.26. The van der Waals surface area contributed by atoms with Crippen LogP contribution in [0.2, 0.25) is 0 Å². The first kappa shape index (κ1) is 2.96. The number of nitrogens with zero attached hydrogens (tertiary/aromatic N) is 2. The van der Waals surface area contributed by atoms with Crippen molar-refractivity contribution in [2.24, 2.45) is 0 Å². The van der Waals surface area contributed by atoms with Gasteiger partial charge in [0.1, 0.15) is 4.60 Å². The van der Waals surface area contributed by atoms with E-state index >= 15 is 0 Å². The highest BCUT2D eigenvalue weighted by atomic mass is 79.9. The van der Waals surface area contributed by atoms with Crippen molar-refractivity contribution in [2.75, 3.05) is 7.06 Å². The molecule has 1 rings (SSSR count). The molecule has 0 amide bonds. The van der Waals surface area contributed by atoms with Gasteiger partial charge in [0.25, 0.3) is 0 Å². The summed E-state index contributed by atoms with van der Waals surface area (Å²) in [5, 5.41) is 0. The third-order valence-electron chi connectivity index (χ3n) is 0.611. The normalized spacial score (nSPS) is 15.8. The third-order valence-corrected chi connectivity index (χ3v) is 0.966. The Bertz CT molecular complexity index is 322. The highest BCUT2D eigenvalue weighted by Crippen LogP contribution is 2.08. The molecule has 0 spiro atoms. The first-order valence-electron chi connectivity index (χ1n) is 4.18. The van der Waals surface area contributed by atoms with Crippen molar-refractivity contribution in [3.8, 4) is 5.88 Å². The van der Waals surface area contributed by atoms with Crippen molar-refractivity contribution < 1.29 is 10.2 Å². The summed E-state index contributed by atoms with van der Waals surface area (Å²) in [6.07, 6.45) is -0.526. The van der Waals surface area contributed by atoms with Crippen molar-refractivity contribution in [1.82, 2.24) is 9.97 Å². The monoisotopic (exact) mass is 192 g/mol. The minimum Gasteiger partial charge on any atom is -0.480 e. The van der Waals surface area contributed by atoms with Crippen molar-refractivity contribution in [3.05, 3.63) is 16.9 Å². The van der Waals surface area contributed by atoms with E-state index in [0.29, 0.717) is 0 Å². The molecule has 3 nitrogen and oxygen atoms in total. The van der Waals surface area contributed by atoms with E-state index < -0.39 is 7.06 Å². The molecule has 0 aromatic carbocycles. The van der Waals surface area contributed by atoms with Crippen LogP contribution in [-0.2, 0) is 0 Å². The van der Waals surface area contributed by atoms with Crippen molar-refractivity contribution in [1.29, 1.82) is 0 Å². The highest BCUT2D eigenvalue weighted by molar-refractivity contribution is 9.10. The van der Waals surface area contributed by atoms with Gasteiger partial charge in [0.05, 0.1) is 24.9 Å². The molecule has 0 saturated heterocycles. The summed E-state index contributed by atoms with van der Waals surface area (Å²) in [7, 11) is -1.55. The van der Waals surface area contributed by atoms with Crippen LogP contribution in [0.3, 0.4) is 0 Å². The van der Waals surface area contributed by atoms with Gasteiger partial charge in [-0.2, -0.15) is 0 Å². The zero-order chi connectivity index (χ0) is 10.0. The Morgan fingerprint density at radius 2 is 2.78 bits per heavy atom. The van der Waals surface area contributed by atoms with Gasteiger partial charge in [0.2, 0.25) is 5.88 Å². The smallest absolute Gasteiger partial charge is 0.233 e. The summed E-state index contributed by atoms with van der Waals surface area (Å²) in [5.41, 5.74) is 0. The molecule has 0 atom stereocenters. The summed E-state index contributed by atoms with van der Waals surface area (Å²) in [5.74, 6) is -0.224. The van der Waals surface area contributed by atoms with E-state index in [-0.39, 0.29) is 22.8 Å². The third kappa shape index (κ3) is 1.64. The lowest BCUT2D eigenvalue weighted by atomic mass is 10.7. The summed E-state index contributed by atoms with van der Waals surface area (Å²) >= 11 is 2.92. The van der Waals surface area contributed by atoms with Gasteiger partial charge in [0.15, 0.2) is 0 Å². The number of aromatic nitrogens is 2. The number of hydrogen-bond donors (Lipinski definition) is 0. The SMILES string of the molecule is [2H]c1nc([2H])c(OC([2H])[2H])nc1Br. The molecule has 1 heterocycles. The molecular weight excluding hydrogens is 184 g/mol. The van der Waals surface area contributed by atoms with Crippen molar-refractivity contribution in [3.63, 3.8) is 0 Å². The van der Waals surface area contributed by atoms with Crippen LogP contribution in [0.4, 0.5) is 0 Å². The Morgan fingerprint density at radius 3 is 3.56 bits per heavy atom. The van der Waals surface area contributed by atoms with E-state index in [2.05, 4.69) is 30.6 Å². The minimum atomic E-state index is -1.55. The molecule has 0 unspecified atom stereocenters. The quantitative estimate of drug-likeness (QED) is 0.673. The molecule has 48 valence electrons. The molecule has 0 N–H and O–H groups in total. The van der Waals surface area contributed by atoms with E-state index in [1.807, 2.05) is 0 Å². The van der Waals surface area contributed by atoms with E-state index in [0.717, 1.165) is 0 Å². The van der Waals surface area contributed by atoms with Gasteiger partial charge in [-0.15, -0.1) is 0 Å². The predicted octanol–water partition coefficient (Wildman–Crippen LogP) is 1.25. The van der Waals surface area contributed by atoms with Gasteiger partial charge >= 0.3 is 0 Å². The molecule has 0 saturated carbocycles. The summed E-state index contributed by atoms with van der Waals surface area (Å²) in [6, 6.07) is 0. The molecule has 0 bridgehead atoms. The average molecular weight is 193 g/mol. The van der Waals surface area contributed by atoms with Crippen LogP contribution < -0.4 is 4.74 Å². The number of hydrogen-bond acceptors (Lipinski definition) is 3. The Morgan fingerprint density at radius 1 is 1.89 bits per heavy atom. The first-order chi connectivity index (χ1) is 6.00. The Labute approximate surface area is 66.8 Å². The number of halogens is 1. The van der Waals surface area contributed by atoms with E-state index in [1.165, 1.54) is 0 Å². The van der Waals surface area contributed by atoms with Crippen LogP contribution in [0, 0.1) is 0 Å². The fourth-order valence-corrected chi connectivity index (χ4v) is 0.563. The lowest BCUT2D eigenvalue weighted by molar-refractivity contribution is 0.394. The molecule has 0 fully saturated rings. The fraction of sp³-hybridized carbons (Fsp3) is 0.200. The van der Waals surface area contributed by atoms with Gasteiger partial charge in [-0.05, 0) is 15.9 Å². The Hall–Kier alpha value is -0.640. The molecule has 0 aliphatic carbocycles. The lowest BCUT2D eigenvalue weighted by Gasteiger charge is -1.94. The second-order valence-corrected chi connectivity index (χ2v) is 1.91. The van der Waals surface area contributed by atoms with Crippen LogP contribution in [0.5, 0.6) is 5.88 Å². The van der Waals surface area contributed by atoms with Crippen LogP contribution in [0.25, 0.3) is 0 Å². The van der Waals surface area contributed by atoms with Gasteiger partial charge in [-0.3, -0.25) is 4.98 Å². The maximum atomic E-state index is 7.20. The van der Waals surface area contributed by atoms with E-state index in [1.54, 1.807) is 0 Å². The first-order valence-corrected chi connectivity index (χ1v) is 2.82. The van der Waals surface area contributed by atoms with Gasteiger partial charge < -0.3 is 4.74 Å². The van der Waals surface area contributed by atoms with Crippen LogP contribution >= 0.6 is 15.9 Å². The molecular formula is C5H5BrN2O. The maximum absolute atomic E-state index is 7.20. The summed E-state index contributed by atoms with van der Waals surface area (Å²) in [6.45, 7) is 0. The molecule has 9 heavy (non-hydrogen) atoms. The van der Waals surface area contributed by atoms with Gasteiger partial charge in [-0.25, -0.2) is 4.98 Å². The molecule has 1 aromatic heterocycles. The second kappa shape index (κ2) is 2.77. The molecule has 0 aliphatic rings. The topological polar surface area (TPSA) is 35.0 Å².